The molecule has 6 heteroatoms. The molecule has 18 heavy (non-hydrogen) atoms. The van der Waals surface area contributed by atoms with E-state index in [4.69, 9.17) is 14.4 Å². The Morgan fingerprint density at radius 2 is 2.28 bits per heavy atom. The van der Waals surface area contributed by atoms with Gasteiger partial charge < -0.3 is 14.4 Å². The molecule has 0 radical (unpaired) electrons. The number of hydrogen-bond donors (Lipinski definition) is 1. The predicted molar refractivity (Wildman–Crippen MR) is 67.4 cm³/mol. The first-order valence-electron chi connectivity index (χ1n) is 5.18. The molecule has 0 saturated heterocycles. The van der Waals surface area contributed by atoms with Gasteiger partial charge in [0.15, 0.2) is 11.9 Å². The van der Waals surface area contributed by atoms with Crippen molar-refractivity contribution in [1.29, 1.82) is 0 Å². The van der Waals surface area contributed by atoms with Crippen molar-refractivity contribution in [2.45, 2.75) is 13.0 Å². The Kier molecular flexibility index (Phi) is 3.66. The van der Waals surface area contributed by atoms with Crippen LogP contribution in [0.1, 0.15) is 6.92 Å². The summed E-state index contributed by atoms with van der Waals surface area (Å²) >= 11 is 3.34. The summed E-state index contributed by atoms with van der Waals surface area (Å²) < 4.78 is 11.3. The average Bonchev–Trinajstić information content (AvgIpc) is 2.84. The fraction of sp³-hybridized carbons (Fsp3) is 0.167. The largest absolute Gasteiger partial charge is 0.479 e. The highest BCUT2D eigenvalue weighted by Gasteiger charge is 2.17. The van der Waals surface area contributed by atoms with Crippen LogP contribution < -0.4 is 4.74 Å². The zero-order valence-electron chi connectivity index (χ0n) is 9.46. The molecular weight excluding hydrogens is 302 g/mol. The minimum atomic E-state index is -1.03. The zero-order valence-corrected chi connectivity index (χ0v) is 11.0. The summed E-state index contributed by atoms with van der Waals surface area (Å²) in [5, 5.41) is 12.5. The van der Waals surface area contributed by atoms with Gasteiger partial charge in [-0.3, -0.25) is 0 Å². The van der Waals surface area contributed by atoms with Crippen LogP contribution in [0.15, 0.2) is 39.5 Å². The first-order chi connectivity index (χ1) is 8.58. The monoisotopic (exact) mass is 311 g/mol. The predicted octanol–water partition coefficient (Wildman–Crippen LogP) is 2.96. The van der Waals surface area contributed by atoms with E-state index in [1.54, 1.807) is 24.3 Å². The van der Waals surface area contributed by atoms with Crippen molar-refractivity contribution >= 4 is 21.9 Å². The number of benzene rings is 1. The minimum absolute atomic E-state index is 0.435. The number of ether oxygens (including phenoxy) is 1. The third-order valence-corrected chi connectivity index (χ3v) is 2.79. The van der Waals surface area contributed by atoms with E-state index in [-0.39, 0.29) is 0 Å². The van der Waals surface area contributed by atoms with Crippen LogP contribution in [0.25, 0.3) is 11.3 Å². The third kappa shape index (κ3) is 2.70. The van der Waals surface area contributed by atoms with Gasteiger partial charge in [-0.25, -0.2) is 4.79 Å². The molecule has 0 aliphatic heterocycles. The van der Waals surface area contributed by atoms with Crippen molar-refractivity contribution in [3.8, 4) is 17.1 Å². The lowest BCUT2D eigenvalue weighted by atomic mass is 10.1. The zero-order chi connectivity index (χ0) is 13.1. The van der Waals surface area contributed by atoms with E-state index in [1.807, 2.05) is 0 Å². The molecule has 1 N–H and O–H groups in total. The van der Waals surface area contributed by atoms with Gasteiger partial charge in [0.2, 0.25) is 0 Å². The second-order valence-corrected chi connectivity index (χ2v) is 4.53. The van der Waals surface area contributed by atoms with Crippen molar-refractivity contribution in [3.63, 3.8) is 0 Å². The van der Waals surface area contributed by atoms with Gasteiger partial charge in [-0.1, -0.05) is 21.1 Å². The van der Waals surface area contributed by atoms with Crippen LogP contribution in [0.2, 0.25) is 0 Å². The molecule has 1 aromatic carbocycles. The maximum atomic E-state index is 10.8. The molecule has 0 fully saturated rings. The average molecular weight is 312 g/mol. The van der Waals surface area contributed by atoms with Crippen LogP contribution in [0.5, 0.6) is 5.75 Å². The standard InChI is InChI=1S/C12H10BrNO4/c1-7(12(15)16)17-10-3-2-8(13)6-9(10)11-4-5-14-18-11/h2-7H,1H3,(H,15,16). The SMILES string of the molecule is CC(Oc1ccc(Br)cc1-c1ccno1)C(=O)O. The highest BCUT2D eigenvalue weighted by Crippen LogP contribution is 2.33. The lowest BCUT2D eigenvalue weighted by molar-refractivity contribution is -0.144. The van der Waals surface area contributed by atoms with E-state index in [1.165, 1.54) is 13.1 Å². The van der Waals surface area contributed by atoms with Crippen molar-refractivity contribution < 1.29 is 19.2 Å². The summed E-state index contributed by atoms with van der Waals surface area (Å²) in [4.78, 5) is 10.8. The van der Waals surface area contributed by atoms with Gasteiger partial charge in [0.1, 0.15) is 5.75 Å². The molecule has 1 unspecified atom stereocenters. The smallest absolute Gasteiger partial charge is 0.344 e. The third-order valence-electron chi connectivity index (χ3n) is 2.30. The van der Waals surface area contributed by atoms with Gasteiger partial charge in [-0.2, -0.15) is 0 Å². The Morgan fingerprint density at radius 3 is 2.89 bits per heavy atom. The van der Waals surface area contributed by atoms with Gasteiger partial charge in [0, 0.05) is 10.5 Å². The lowest BCUT2D eigenvalue weighted by Crippen LogP contribution is -2.23. The molecule has 0 aliphatic rings. The number of nitrogens with zero attached hydrogens (tertiary/aromatic N) is 1. The Hall–Kier alpha value is -1.82. The number of aliphatic carboxylic acids is 1. The number of carboxylic acid groups (broad SMARTS) is 1. The topological polar surface area (TPSA) is 72.6 Å². The second kappa shape index (κ2) is 5.22. The van der Waals surface area contributed by atoms with Gasteiger partial charge in [-0.15, -0.1) is 0 Å². The molecule has 2 aromatic rings. The molecule has 1 aromatic heterocycles. The van der Waals surface area contributed by atoms with Crippen LogP contribution in [0.3, 0.4) is 0 Å². The summed E-state index contributed by atoms with van der Waals surface area (Å²) in [6.45, 7) is 1.47. The highest BCUT2D eigenvalue weighted by atomic mass is 79.9. The van der Waals surface area contributed by atoms with Crippen molar-refractivity contribution in [1.82, 2.24) is 5.16 Å². The number of aromatic nitrogens is 1. The number of carbonyl (C=O) groups is 1. The van der Waals surface area contributed by atoms with Crippen LogP contribution in [-0.2, 0) is 4.79 Å². The van der Waals surface area contributed by atoms with E-state index in [0.29, 0.717) is 17.1 Å². The van der Waals surface area contributed by atoms with Crippen molar-refractivity contribution in [2.24, 2.45) is 0 Å². The molecule has 0 saturated carbocycles. The number of rotatable bonds is 4. The summed E-state index contributed by atoms with van der Waals surface area (Å²) in [5.74, 6) is -0.0739. The normalized spacial score (nSPS) is 12.1. The molecule has 1 atom stereocenters. The number of hydrogen-bond acceptors (Lipinski definition) is 4. The lowest BCUT2D eigenvalue weighted by Gasteiger charge is -2.13. The Morgan fingerprint density at radius 1 is 1.50 bits per heavy atom. The van der Waals surface area contributed by atoms with Crippen molar-refractivity contribution in [2.75, 3.05) is 0 Å². The minimum Gasteiger partial charge on any atom is -0.479 e. The van der Waals surface area contributed by atoms with Gasteiger partial charge in [0.25, 0.3) is 0 Å². The molecule has 0 bridgehead atoms. The van der Waals surface area contributed by atoms with E-state index in [0.717, 1.165) is 4.47 Å². The van der Waals surface area contributed by atoms with E-state index >= 15 is 0 Å². The van der Waals surface area contributed by atoms with Gasteiger partial charge in [-0.05, 0) is 25.1 Å². The summed E-state index contributed by atoms with van der Waals surface area (Å²) in [6.07, 6.45) is 0.577. The number of halogens is 1. The van der Waals surface area contributed by atoms with Crippen LogP contribution in [0.4, 0.5) is 0 Å². The fourth-order valence-electron chi connectivity index (χ4n) is 1.39. The fourth-order valence-corrected chi connectivity index (χ4v) is 1.75. The number of carboxylic acids is 1. The molecule has 0 aliphatic carbocycles. The van der Waals surface area contributed by atoms with Crippen LogP contribution in [-0.4, -0.2) is 22.3 Å². The van der Waals surface area contributed by atoms with Gasteiger partial charge in [0.05, 0.1) is 11.8 Å². The molecule has 2 rings (SSSR count). The summed E-state index contributed by atoms with van der Waals surface area (Å²) in [7, 11) is 0. The maximum Gasteiger partial charge on any atom is 0.344 e. The van der Waals surface area contributed by atoms with E-state index < -0.39 is 12.1 Å². The van der Waals surface area contributed by atoms with E-state index in [9.17, 15) is 4.79 Å². The van der Waals surface area contributed by atoms with E-state index in [2.05, 4.69) is 21.1 Å². The second-order valence-electron chi connectivity index (χ2n) is 3.62. The van der Waals surface area contributed by atoms with Crippen LogP contribution >= 0.6 is 15.9 Å². The molecule has 0 amide bonds. The Bertz CT molecular complexity index is 553. The quantitative estimate of drug-likeness (QED) is 0.939. The van der Waals surface area contributed by atoms with Crippen LogP contribution in [0, 0.1) is 0 Å². The maximum absolute atomic E-state index is 10.8. The first-order valence-corrected chi connectivity index (χ1v) is 5.97. The molecule has 0 spiro atoms. The highest BCUT2D eigenvalue weighted by molar-refractivity contribution is 9.10. The Labute approximate surface area is 111 Å². The molecule has 94 valence electrons. The molecule has 1 heterocycles. The summed E-state index contributed by atoms with van der Waals surface area (Å²) in [5.41, 5.74) is 0.648. The summed E-state index contributed by atoms with van der Waals surface area (Å²) in [6, 6.07) is 6.91. The molecule has 5 nitrogen and oxygen atoms in total. The Balaban J connectivity index is 2.38. The molecular formula is C12H10BrNO4. The first kappa shape index (κ1) is 12.6. The van der Waals surface area contributed by atoms with Gasteiger partial charge >= 0.3 is 5.97 Å². The van der Waals surface area contributed by atoms with Crippen molar-refractivity contribution in [3.05, 3.63) is 34.9 Å².